The van der Waals surface area contributed by atoms with Crippen molar-refractivity contribution in [3.63, 3.8) is 0 Å². The van der Waals surface area contributed by atoms with Gasteiger partial charge in [0.2, 0.25) is 0 Å². The highest BCUT2D eigenvalue weighted by molar-refractivity contribution is 7.80. The predicted octanol–water partition coefficient (Wildman–Crippen LogP) is 2.85. The molecule has 0 aliphatic carbocycles. The summed E-state index contributed by atoms with van der Waals surface area (Å²) in [5, 5.41) is 0. The van der Waals surface area contributed by atoms with Gasteiger partial charge in [-0.2, -0.15) is 0 Å². The molecule has 0 saturated heterocycles. The van der Waals surface area contributed by atoms with Crippen LogP contribution < -0.4 is 5.73 Å². The molecule has 0 rings (SSSR count). The molecule has 0 fully saturated rings. The minimum Gasteiger partial charge on any atom is -0.394 e. The van der Waals surface area contributed by atoms with Crippen molar-refractivity contribution in [2.75, 3.05) is 0 Å². The van der Waals surface area contributed by atoms with Gasteiger partial charge in [-0.05, 0) is 6.92 Å². The average Bonchev–Trinajstić information content (AvgIpc) is 1.19. The van der Waals surface area contributed by atoms with Crippen LogP contribution in [0.1, 0.15) is 6.92 Å². The zero-order chi connectivity index (χ0) is 8.08. The molecule has 0 aliphatic heterocycles. The van der Waals surface area contributed by atoms with Gasteiger partial charge in [-0.25, -0.2) is 0 Å². The lowest BCUT2D eigenvalue weighted by Crippen LogP contribution is -1.98. The molecular formula is C3H5Cl4NS. The van der Waals surface area contributed by atoms with Crippen LogP contribution in [0, 0.1) is 0 Å². The Bertz CT molecular complexity index is 78.3. The zero-order valence-electron chi connectivity index (χ0n) is 4.50. The standard InChI is InChI=1S/C2H5NS.CCl4/c1-2(3)4;2-1(3,4)5/h1H3,(H2,3,4);. The van der Waals surface area contributed by atoms with Crippen LogP contribution in [0.5, 0.6) is 0 Å². The Labute approximate surface area is 79.4 Å². The normalized spacial score (nSPS) is 9.44. The van der Waals surface area contributed by atoms with E-state index in [-0.39, 0.29) is 0 Å². The van der Waals surface area contributed by atoms with Crippen molar-refractivity contribution >= 4 is 63.6 Å². The van der Waals surface area contributed by atoms with Gasteiger partial charge < -0.3 is 5.73 Å². The first-order chi connectivity index (χ1) is 3.73. The number of rotatable bonds is 0. The minimum atomic E-state index is -1.61. The molecule has 0 aliphatic rings. The monoisotopic (exact) mass is 227 g/mol. The fourth-order valence-corrected chi connectivity index (χ4v) is 0. The van der Waals surface area contributed by atoms with E-state index in [9.17, 15) is 0 Å². The lowest BCUT2D eigenvalue weighted by Gasteiger charge is -1.91. The van der Waals surface area contributed by atoms with Crippen molar-refractivity contribution in [3.05, 3.63) is 0 Å². The first-order valence-electron chi connectivity index (χ1n) is 1.75. The number of hydrogen-bond acceptors (Lipinski definition) is 1. The second-order valence-corrected chi connectivity index (χ2v) is 5.11. The smallest absolute Gasteiger partial charge is 0.266 e. The first-order valence-corrected chi connectivity index (χ1v) is 3.67. The number of thiocarbonyl (C=S) groups is 1. The second kappa shape index (κ2) is 5.81. The van der Waals surface area contributed by atoms with Crippen LogP contribution in [0.15, 0.2) is 0 Å². The van der Waals surface area contributed by atoms with E-state index < -0.39 is 3.25 Å². The van der Waals surface area contributed by atoms with Crippen LogP contribution in [0.3, 0.4) is 0 Å². The highest BCUT2D eigenvalue weighted by Crippen LogP contribution is 2.29. The number of halogens is 4. The largest absolute Gasteiger partial charge is 0.394 e. The fourth-order valence-electron chi connectivity index (χ4n) is 0. The topological polar surface area (TPSA) is 26.0 Å². The van der Waals surface area contributed by atoms with Gasteiger partial charge in [0.05, 0.1) is 4.99 Å². The number of alkyl halides is 4. The molecule has 9 heavy (non-hydrogen) atoms. The summed E-state index contributed by atoms with van der Waals surface area (Å²) in [6.07, 6.45) is 0. The quantitative estimate of drug-likeness (QED) is 0.510. The average molecular weight is 229 g/mol. The van der Waals surface area contributed by atoms with Crippen molar-refractivity contribution in [1.82, 2.24) is 0 Å². The summed E-state index contributed by atoms with van der Waals surface area (Å²) in [6.45, 7) is 1.68. The third-order valence-corrected chi connectivity index (χ3v) is 0. The first kappa shape index (κ1) is 12.7. The molecule has 6 heteroatoms. The van der Waals surface area contributed by atoms with Gasteiger partial charge >= 0.3 is 0 Å². The molecule has 0 unspecified atom stereocenters. The SMILES string of the molecule is CC(N)=S.ClC(Cl)(Cl)Cl. The molecule has 0 aromatic rings. The molecule has 0 saturated carbocycles. The van der Waals surface area contributed by atoms with Crippen molar-refractivity contribution in [1.29, 1.82) is 0 Å². The summed E-state index contributed by atoms with van der Waals surface area (Å²) < 4.78 is -1.61. The van der Waals surface area contributed by atoms with E-state index in [1.165, 1.54) is 0 Å². The van der Waals surface area contributed by atoms with Gasteiger partial charge in [0.1, 0.15) is 0 Å². The van der Waals surface area contributed by atoms with E-state index in [0.717, 1.165) is 0 Å². The highest BCUT2D eigenvalue weighted by atomic mass is 35.6. The maximum absolute atomic E-state index is 4.84. The summed E-state index contributed by atoms with van der Waals surface area (Å²) in [4.78, 5) is 0.500. The maximum atomic E-state index is 4.84. The Balaban J connectivity index is 0. The van der Waals surface area contributed by atoms with Gasteiger partial charge in [0.25, 0.3) is 3.25 Å². The summed E-state index contributed by atoms with van der Waals surface area (Å²) >= 11 is 23.6. The Morgan fingerprint density at radius 3 is 1.33 bits per heavy atom. The molecule has 2 N–H and O–H groups in total. The van der Waals surface area contributed by atoms with Crippen molar-refractivity contribution in [2.45, 2.75) is 10.2 Å². The van der Waals surface area contributed by atoms with Crippen LogP contribution in [-0.4, -0.2) is 8.24 Å². The van der Waals surface area contributed by atoms with Crippen molar-refractivity contribution in [3.8, 4) is 0 Å². The molecule has 0 spiro atoms. The number of nitrogens with two attached hydrogens (primary N) is 1. The molecule has 0 radical (unpaired) electrons. The summed E-state index contributed by atoms with van der Waals surface area (Å²) in [5.41, 5.74) is 4.84. The fraction of sp³-hybridized carbons (Fsp3) is 0.667. The van der Waals surface area contributed by atoms with Gasteiger partial charge in [-0.3, -0.25) is 0 Å². The van der Waals surface area contributed by atoms with E-state index in [0.29, 0.717) is 4.99 Å². The molecule has 0 aromatic heterocycles. The Hall–Kier alpha value is 1.05. The molecule has 0 bridgehead atoms. The third-order valence-electron chi connectivity index (χ3n) is 0. The summed E-state index contributed by atoms with van der Waals surface area (Å²) in [7, 11) is 0. The molecule has 0 amide bonds. The Morgan fingerprint density at radius 1 is 1.33 bits per heavy atom. The molecule has 0 aromatic carbocycles. The van der Waals surface area contributed by atoms with Gasteiger partial charge in [-0.15, -0.1) is 0 Å². The van der Waals surface area contributed by atoms with Crippen LogP contribution >= 0.6 is 58.6 Å². The van der Waals surface area contributed by atoms with Gasteiger partial charge in [0, 0.05) is 0 Å². The lowest BCUT2D eigenvalue weighted by molar-refractivity contribution is 1.73. The van der Waals surface area contributed by atoms with Crippen LogP contribution in [0.4, 0.5) is 0 Å². The maximum Gasteiger partial charge on any atom is 0.266 e. The van der Waals surface area contributed by atoms with E-state index in [1.807, 2.05) is 0 Å². The molecular weight excluding hydrogens is 224 g/mol. The van der Waals surface area contributed by atoms with Crippen LogP contribution in [0.25, 0.3) is 0 Å². The molecule has 0 heterocycles. The molecule has 0 atom stereocenters. The van der Waals surface area contributed by atoms with E-state index in [2.05, 4.69) is 12.2 Å². The molecule has 56 valence electrons. The van der Waals surface area contributed by atoms with Gasteiger partial charge in [-0.1, -0.05) is 58.6 Å². The van der Waals surface area contributed by atoms with Crippen molar-refractivity contribution in [2.24, 2.45) is 5.73 Å². The van der Waals surface area contributed by atoms with Crippen LogP contribution in [0.2, 0.25) is 0 Å². The minimum absolute atomic E-state index is 0.500. The van der Waals surface area contributed by atoms with Crippen molar-refractivity contribution < 1.29 is 0 Å². The lowest BCUT2D eigenvalue weighted by atomic mass is 10.8. The van der Waals surface area contributed by atoms with E-state index in [1.54, 1.807) is 6.92 Å². The summed E-state index contributed by atoms with van der Waals surface area (Å²) in [5.74, 6) is 0. The highest BCUT2D eigenvalue weighted by Gasteiger charge is 2.11. The predicted molar refractivity (Wildman–Crippen MR) is 48.6 cm³/mol. The zero-order valence-corrected chi connectivity index (χ0v) is 8.34. The second-order valence-electron chi connectivity index (χ2n) is 1.04. The Morgan fingerprint density at radius 2 is 1.33 bits per heavy atom. The van der Waals surface area contributed by atoms with E-state index in [4.69, 9.17) is 52.1 Å². The van der Waals surface area contributed by atoms with Crippen LogP contribution in [-0.2, 0) is 0 Å². The van der Waals surface area contributed by atoms with Gasteiger partial charge in [0.15, 0.2) is 0 Å². The van der Waals surface area contributed by atoms with E-state index >= 15 is 0 Å². The third kappa shape index (κ3) is 408. The Kier molecular flexibility index (Phi) is 8.19. The summed E-state index contributed by atoms with van der Waals surface area (Å²) in [6, 6.07) is 0. The molecule has 1 nitrogen and oxygen atoms in total. The number of hydrogen-bond donors (Lipinski definition) is 1.